The SMILES string of the molecule is Oc1ccccc1C(c1ccc(F)cc1)N1CCN(c2ccnc3cc(Cl)ccc23)CC1. The summed E-state index contributed by atoms with van der Waals surface area (Å²) in [6.45, 7) is 3.25. The third-order valence-electron chi connectivity index (χ3n) is 6.12. The van der Waals surface area contributed by atoms with Gasteiger partial charge in [-0.1, -0.05) is 41.9 Å². The summed E-state index contributed by atoms with van der Waals surface area (Å²) in [4.78, 5) is 9.17. The summed E-state index contributed by atoms with van der Waals surface area (Å²) in [7, 11) is 0. The van der Waals surface area contributed by atoms with Gasteiger partial charge in [0.25, 0.3) is 0 Å². The van der Waals surface area contributed by atoms with E-state index >= 15 is 0 Å². The number of aromatic hydroxyl groups is 1. The van der Waals surface area contributed by atoms with Crippen LogP contribution in [0.15, 0.2) is 79.0 Å². The van der Waals surface area contributed by atoms with E-state index in [-0.39, 0.29) is 17.6 Å². The van der Waals surface area contributed by atoms with Gasteiger partial charge in [-0.05, 0) is 48.0 Å². The van der Waals surface area contributed by atoms with Crippen molar-refractivity contribution in [1.82, 2.24) is 9.88 Å². The van der Waals surface area contributed by atoms with Gasteiger partial charge in [0.15, 0.2) is 0 Å². The molecule has 5 rings (SSSR count). The number of halogens is 2. The molecule has 1 saturated heterocycles. The first kappa shape index (κ1) is 20.7. The van der Waals surface area contributed by atoms with Crippen LogP contribution in [0.1, 0.15) is 17.2 Å². The summed E-state index contributed by atoms with van der Waals surface area (Å²) in [6.07, 6.45) is 1.82. The van der Waals surface area contributed by atoms with Gasteiger partial charge in [-0.15, -0.1) is 0 Å². The number of piperazine rings is 1. The first-order valence-electron chi connectivity index (χ1n) is 10.7. The highest BCUT2D eigenvalue weighted by Gasteiger charge is 2.28. The van der Waals surface area contributed by atoms with Gasteiger partial charge in [0.2, 0.25) is 0 Å². The molecule has 0 aliphatic carbocycles. The number of pyridine rings is 1. The van der Waals surface area contributed by atoms with Crippen molar-refractivity contribution in [3.05, 3.63) is 101 Å². The lowest BCUT2D eigenvalue weighted by Crippen LogP contribution is -2.48. The molecule has 4 nitrogen and oxygen atoms in total. The summed E-state index contributed by atoms with van der Waals surface area (Å²) < 4.78 is 13.6. The predicted molar refractivity (Wildman–Crippen MR) is 127 cm³/mol. The molecule has 162 valence electrons. The van der Waals surface area contributed by atoms with E-state index in [2.05, 4.69) is 14.8 Å². The van der Waals surface area contributed by atoms with E-state index in [0.717, 1.165) is 53.9 Å². The Morgan fingerprint density at radius 1 is 0.906 bits per heavy atom. The average Bonchev–Trinajstić information content (AvgIpc) is 2.81. The van der Waals surface area contributed by atoms with E-state index in [1.165, 1.54) is 12.1 Å². The number of anilines is 1. The molecule has 1 aliphatic rings. The molecule has 2 heterocycles. The smallest absolute Gasteiger partial charge is 0.123 e. The lowest BCUT2D eigenvalue weighted by Gasteiger charge is -2.41. The summed E-state index contributed by atoms with van der Waals surface area (Å²) in [5.74, 6) is -0.0134. The third-order valence-corrected chi connectivity index (χ3v) is 6.35. The Labute approximate surface area is 191 Å². The fourth-order valence-electron chi connectivity index (χ4n) is 4.55. The highest BCUT2D eigenvalue weighted by atomic mass is 35.5. The van der Waals surface area contributed by atoms with Crippen molar-refractivity contribution in [3.8, 4) is 5.75 Å². The number of hydrogen-bond donors (Lipinski definition) is 1. The Morgan fingerprint density at radius 2 is 1.66 bits per heavy atom. The van der Waals surface area contributed by atoms with Gasteiger partial charge in [-0.3, -0.25) is 9.88 Å². The van der Waals surface area contributed by atoms with Crippen LogP contribution in [0.25, 0.3) is 10.9 Å². The van der Waals surface area contributed by atoms with Crippen molar-refractivity contribution in [2.75, 3.05) is 31.1 Å². The number of benzene rings is 3. The van der Waals surface area contributed by atoms with Crippen molar-refractivity contribution in [2.24, 2.45) is 0 Å². The molecule has 0 radical (unpaired) electrons. The molecule has 6 heteroatoms. The number of fused-ring (bicyclic) bond motifs is 1. The number of rotatable bonds is 4. The maximum absolute atomic E-state index is 13.6. The first-order chi connectivity index (χ1) is 15.6. The molecule has 1 unspecified atom stereocenters. The van der Waals surface area contributed by atoms with Crippen LogP contribution < -0.4 is 4.90 Å². The largest absolute Gasteiger partial charge is 0.508 e. The van der Waals surface area contributed by atoms with Gasteiger partial charge in [0, 0.05) is 54.0 Å². The third kappa shape index (κ3) is 4.01. The molecule has 4 aromatic rings. The molecule has 0 spiro atoms. The van der Waals surface area contributed by atoms with E-state index in [0.29, 0.717) is 5.02 Å². The molecular weight excluding hydrogens is 425 g/mol. The van der Waals surface area contributed by atoms with Gasteiger partial charge < -0.3 is 10.0 Å². The molecule has 0 bridgehead atoms. The molecule has 3 aromatic carbocycles. The summed E-state index contributed by atoms with van der Waals surface area (Å²) in [6, 6.07) is 21.7. The lowest BCUT2D eigenvalue weighted by atomic mass is 9.95. The highest BCUT2D eigenvalue weighted by molar-refractivity contribution is 6.31. The van der Waals surface area contributed by atoms with E-state index in [9.17, 15) is 9.50 Å². The average molecular weight is 448 g/mol. The number of para-hydroxylation sites is 1. The van der Waals surface area contributed by atoms with Crippen molar-refractivity contribution in [3.63, 3.8) is 0 Å². The lowest BCUT2D eigenvalue weighted by molar-refractivity contribution is 0.209. The first-order valence-corrected chi connectivity index (χ1v) is 11.0. The molecule has 32 heavy (non-hydrogen) atoms. The van der Waals surface area contributed by atoms with E-state index in [1.807, 2.05) is 48.7 Å². The minimum absolute atomic E-state index is 0.146. The quantitative estimate of drug-likeness (QED) is 0.439. The normalized spacial score (nSPS) is 15.8. The molecular formula is C26H23ClFN3O. The van der Waals surface area contributed by atoms with Crippen LogP contribution in [0.5, 0.6) is 5.75 Å². The van der Waals surface area contributed by atoms with Gasteiger partial charge in [0.1, 0.15) is 11.6 Å². The molecule has 1 aliphatic heterocycles. The van der Waals surface area contributed by atoms with Gasteiger partial charge in [-0.2, -0.15) is 0 Å². The van der Waals surface area contributed by atoms with E-state index < -0.39 is 0 Å². The Kier molecular flexibility index (Phi) is 5.68. The topological polar surface area (TPSA) is 39.6 Å². The minimum Gasteiger partial charge on any atom is -0.508 e. The molecule has 1 fully saturated rings. The zero-order chi connectivity index (χ0) is 22.1. The van der Waals surface area contributed by atoms with Crippen LogP contribution in [0.3, 0.4) is 0 Å². The second-order valence-electron chi connectivity index (χ2n) is 8.03. The molecule has 1 atom stereocenters. The van der Waals surface area contributed by atoms with Crippen LogP contribution in [0.4, 0.5) is 10.1 Å². The Morgan fingerprint density at radius 3 is 2.41 bits per heavy atom. The second-order valence-corrected chi connectivity index (χ2v) is 8.46. The maximum atomic E-state index is 13.6. The molecule has 1 aromatic heterocycles. The van der Waals surface area contributed by atoms with Crippen LogP contribution in [-0.2, 0) is 0 Å². The minimum atomic E-state index is -0.265. The van der Waals surface area contributed by atoms with E-state index in [4.69, 9.17) is 11.6 Å². The fraction of sp³-hybridized carbons (Fsp3) is 0.192. The van der Waals surface area contributed by atoms with Crippen molar-refractivity contribution in [1.29, 1.82) is 0 Å². The van der Waals surface area contributed by atoms with E-state index in [1.54, 1.807) is 18.2 Å². The second kappa shape index (κ2) is 8.77. The van der Waals surface area contributed by atoms with Crippen LogP contribution in [-0.4, -0.2) is 41.2 Å². The number of aromatic nitrogens is 1. The molecule has 0 saturated carbocycles. The summed E-state index contributed by atoms with van der Waals surface area (Å²) in [5, 5.41) is 12.3. The monoisotopic (exact) mass is 447 g/mol. The van der Waals surface area contributed by atoms with Crippen LogP contribution in [0, 0.1) is 5.82 Å². The van der Waals surface area contributed by atoms with Crippen molar-refractivity contribution < 1.29 is 9.50 Å². The standard InChI is InChI=1S/C26H23ClFN3O/c27-19-7-10-21-23(17-19)29-12-11-24(21)30-13-15-31(16-14-30)26(18-5-8-20(28)9-6-18)22-3-1-2-4-25(22)32/h1-12,17,26,32H,13-16H2. The molecule has 0 amide bonds. The van der Waals surface area contributed by atoms with Crippen molar-refractivity contribution in [2.45, 2.75) is 6.04 Å². The van der Waals surface area contributed by atoms with Crippen LogP contribution in [0.2, 0.25) is 5.02 Å². The summed E-state index contributed by atoms with van der Waals surface area (Å²) >= 11 is 6.15. The van der Waals surface area contributed by atoms with Crippen molar-refractivity contribution >= 4 is 28.2 Å². The number of phenolic OH excluding ortho intramolecular Hbond substituents is 1. The summed E-state index contributed by atoms with van der Waals surface area (Å²) in [5.41, 5.74) is 3.82. The zero-order valence-electron chi connectivity index (χ0n) is 17.5. The number of nitrogens with zero attached hydrogens (tertiary/aromatic N) is 3. The predicted octanol–water partition coefficient (Wildman–Crippen LogP) is 5.64. The number of phenols is 1. The fourth-order valence-corrected chi connectivity index (χ4v) is 4.72. The van der Waals surface area contributed by atoms with Crippen LogP contribution >= 0.6 is 11.6 Å². The number of hydrogen-bond acceptors (Lipinski definition) is 4. The Bertz CT molecular complexity index is 1240. The highest BCUT2D eigenvalue weighted by Crippen LogP contribution is 2.36. The Balaban J connectivity index is 1.43. The molecule has 1 N–H and O–H groups in total. The van der Waals surface area contributed by atoms with Gasteiger partial charge in [-0.25, -0.2) is 4.39 Å². The maximum Gasteiger partial charge on any atom is 0.123 e. The zero-order valence-corrected chi connectivity index (χ0v) is 18.2. The van der Waals surface area contributed by atoms with Gasteiger partial charge >= 0.3 is 0 Å². The Hall–Kier alpha value is -3.15. The van der Waals surface area contributed by atoms with Gasteiger partial charge in [0.05, 0.1) is 11.6 Å².